The van der Waals surface area contributed by atoms with Crippen molar-refractivity contribution >= 4 is 60.5 Å². The minimum atomic E-state index is -6.94. The molecule has 0 unspecified atom stereocenters. The first-order valence-electron chi connectivity index (χ1n) is 8.38. The molecule has 29 heavy (non-hydrogen) atoms. The first-order valence-corrected chi connectivity index (χ1v) is 18.9. The summed E-state index contributed by atoms with van der Waals surface area (Å²) in [5.41, 5.74) is 0. The Morgan fingerprint density at radius 3 is 0.655 bits per heavy atom. The van der Waals surface area contributed by atoms with Gasteiger partial charge in [-0.05, 0) is 0 Å². The molecule has 0 aromatic carbocycles. The van der Waals surface area contributed by atoms with Crippen LogP contribution in [-0.4, -0.2) is 74.7 Å². The van der Waals surface area contributed by atoms with Crippen molar-refractivity contribution in [1.29, 1.82) is 0 Å². The fraction of sp³-hybridized carbons (Fsp3) is 1.00. The zero-order valence-electron chi connectivity index (χ0n) is 17.3. The molecule has 12 nitrogen and oxygen atoms in total. The van der Waals surface area contributed by atoms with Gasteiger partial charge in [-0.2, -0.15) is 0 Å². The van der Waals surface area contributed by atoms with Crippen LogP contribution in [0.5, 0.6) is 0 Å². The monoisotopic (exact) mass is 612 g/mol. The van der Waals surface area contributed by atoms with Gasteiger partial charge in [0.1, 0.15) is 0 Å². The molecular weight excluding hydrogens is 583 g/mol. The van der Waals surface area contributed by atoms with Gasteiger partial charge in [0.2, 0.25) is 0 Å². The Bertz CT molecular complexity index is 810. The van der Waals surface area contributed by atoms with Gasteiger partial charge in [-0.15, -0.1) is 0 Å². The molecule has 0 aromatic heterocycles. The Labute approximate surface area is 179 Å². The van der Waals surface area contributed by atoms with Crippen LogP contribution in [0.1, 0.15) is 55.4 Å². The predicted octanol–water partition coefficient (Wildman–Crippen LogP) is 0.441. The van der Waals surface area contributed by atoms with E-state index in [1.54, 1.807) is 0 Å². The van der Waals surface area contributed by atoms with Crippen LogP contribution >= 0.6 is 0 Å². The molecule has 0 aromatic rings. The van der Waals surface area contributed by atoms with E-state index in [1.807, 2.05) is 0 Å². The summed E-state index contributed by atoms with van der Waals surface area (Å²) in [6, 6.07) is 0. The van der Waals surface area contributed by atoms with Crippen molar-refractivity contribution in [2.75, 3.05) is 0 Å². The van der Waals surface area contributed by atoms with E-state index in [2.05, 4.69) is 0 Å². The van der Waals surface area contributed by atoms with E-state index in [-0.39, 0.29) is 0 Å². The summed E-state index contributed by atoms with van der Waals surface area (Å²) in [4.78, 5) is 0. The predicted molar refractivity (Wildman–Crippen MR) is 106 cm³/mol. The topological polar surface area (TPSA) is 173 Å². The van der Waals surface area contributed by atoms with Crippen molar-refractivity contribution in [2.45, 2.75) is 76.4 Å². The van der Waals surface area contributed by atoms with Crippen molar-refractivity contribution in [2.24, 2.45) is 0 Å². The SMILES string of the molecule is CC(C)S(=O)(=O)[O][Sn]([O]S(=O)(=O)C(C)C)([O]S(=O)(=O)C(C)C)[O]S(=O)(=O)C(C)C. The number of rotatable bonds is 12. The van der Waals surface area contributed by atoms with Crippen LogP contribution in [-0.2, 0) is 50.6 Å². The van der Waals surface area contributed by atoms with E-state index in [9.17, 15) is 33.7 Å². The number of hydrogen-bond donors (Lipinski definition) is 0. The van der Waals surface area contributed by atoms with Crippen molar-refractivity contribution in [3.05, 3.63) is 0 Å². The fourth-order valence-electron chi connectivity index (χ4n) is 1.04. The molecule has 0 aliphatic carbocycles. The van der Waals surface area contributed by atoms with Crippen LogP contribution in [0.4, 0.5) is 0 Å². The molecule has 0 aliphatic heterocycles. The van der Waals surface area contributed by atoms with Crippen molar-refractivity contribution in [1.82, 2.24) is 0 Å². The standard InChI is InChI=1S/4C3H8O3S.Sn/c4*1-3(2)7(4,5)6;/h4*3H,1-2H3,(H,4,5,6);/q;;;;+4/p-4. The summed E-state index contributed by atoms with van der Waals surface area (Å²) in [5, 5.41) is -5.28. The van der Waals surface area contributed by atoms with Gasteiger partial charge in [0.25, 0.3) is 0 Å². The van der Waals surface area contributed by atoms with Gasteiger partial charge in [0.15, 0.2) is 0 Å². The summed E-state index contributed by atoms with van der Waals surface area (Å²) in [6.07, 6.45) is 0. The second-order valence-corrected chi connectivity index (χ2v) is 23.9. The van der Waals surface area contributed by atoms with Crippen molar-refractivity contribution in [3.8, 4) is 0 Å². The molecule has 0 aliphatic rings. The van der Waals surface area contributed by atoms with E-state index in [0.717, 1.165) is 55.4 Å². The molecule has 0 heterocycles. The van der Waals surface area contributed by atoms with E-state index in [0.29, 0.717) is 0 Å². The molecule has 0 saturated heterocycles. The maximum atomic E-state index is 12.3. The fourth-order valence-corrected chi connectivity index (χ4v) is 24.2. The molecule has 0 radical (unpaired) electrons. The van der Waals surface area contributed by atoms with Gasteiger partial charge < -0.3 is 0 Å². The zero-order chi connectivity index (χ0) is 23.6. The van der Waals surface area contributed by atoms with E-state index in [4.69, 9.17) is 10.1 Å². The third kappa shape index (κ3) is 8.47. The molecule has 0 rings (SSSR count). The number of hydrogen-bond acceptors (Lipinski definition) is 12. The van der Waals surface area contributed by atoms with Crippen LogP contribution in [0.25, 0.3) is 0 Å². The zero-order valence-corrected chi connectivity index (χ0v) is 23.5. The van der Waals surface area contributed by atoms with Gasteiger partial charge in [-0.3, -0.25) is 0 Å². The summed E-state index contributed by atoms with van der Waals surface area (Å²) in [7, 11) is -18.9. The molecular formula is C12H28O12S4Sn. The van der Waals surface area contributed by atoms with Crippen LogP contribution in [0, 0.1) is 0 Å². The van der Waals surface area contributed by atoms with E-state index in [1.165, 1.54) is 0 Å². The molecule has 0 fully saturated rings. The van der Waals surface area contributed by atoms with E-state index >= 15 is 0 Å². The summed E-state index contributed by atoms with van der Waals surface area (Å²) in [5.74, 6) is 0. The summed E-state index contributed by atoms with van der Waals surface area (Å²) < 4.78 is 117. The Hall–Kier alpha value is 0.439. The second kappa shape index (κ2) is 9.93. The molecule has 176 valence electrons. The normalized spacial score (nSPS) is 15.0. The minimum absolute atomic E-state index is 1.14. The van der Waals surface area contributed by atoms with Crippen LogP contribution in [0.15, 0.2) is 0 Å². The molecule has 0 saturated carbocycles. The Morgan fingerprint density at radius 2 is 0.552 bits per heavy atom. The van der Waals surface area contributed by atoms with Crippen LogP contribution < -0.4 is 0 Å². The average molecular weight is 611 g/mol. The quantitative estimate of drug-likeness (QED) is 0.279. The van der Waals surface area contributed by atoms with Gasteiger partial charge >= 0.3 is 181 Å². The third-order valence-electron chi connectivity index (χ3n) is 3.18. The van der Waals surface area contributed by atoms with Crippen LogP contribution in [0.3, 0.4) is 0 Å². The van der Waals surface area contributed by atoms with Gasteiger partial charge in [0.05, 0.1) is 0 Å². The first kappa shape index (κ1) is 29.4. The third-order valence-corrected chi connectivity index (χ3v) is 24.5. The Morgan fingerprint density at radius 1 is 0.414 bits per heavy atom. The molecule has 0 amide bonds. The average Bonchev–Trinajstić information content (AvgIpc) is 2.43. The van der Waals surface area contributed by atoms with Crippen molar-refractivity contribution in [3.63, 3.8) is 0 Å². The molecule has 0 atom stereocenters. The van der Waals surface area contributed by atoms with E-state index < -0.39 is 81.5 Å². The Balaban J connectivity index is 6.93. The summed E-state index contributed by atoms with van der Waals surface area (Å²) >= 11 is -6.94. The second-order valence-electron chi connectivity index (χ2n) is 7.00. The molecule has 17 heteroatoms. The van der Waals surface area contributed by atoms with Gasteiger partial charge in [0, 0.05) is 0 Å². The maximum absolute atomic E-state index is 12.3. The van der Waals surface area contributed by atoms with Crippen molar-refractivity contribution < 1.29 is 43.8 Å². The molecule has 0 spiro atoms. The van der Waals surface area contributed by atoms with Crippen LogP contribution in [0.2, 0.25) is 0 Å². The molecule has 0 N–H and O–H groups in total. The Kier molecular flexibility index (Phi) is 10.1. The first-order chi connectivity index (χ1) is 12.6. The molecule has 0 bridgehead atoms. The summed E-state index contributed by atoms with van der Waals surface area (Å²) in [6.45, 7) is 9.09. The van der Waals surface area contributed by atoms with Gasteiger partial charge in [-0.25, -0.2) is 0 Å². The van der Waals surface area contributed by atoms with Gasteiger partial charge in [-0.1, -0.05) is 0 Å².